The summed E-state index contributed by atoms with van der Waals surface area (Å²) in [5.74, 6) is 2.42. The predicted molar refractivity (Wildman–Crippen MR) is 315 cm³/mol. The second-order valence-electron chi connectivity index (χ2n) is 27.4. The number of ether oxygens (including phenoxy) is 1. The van der Waals surface area contributed by atoms with Crippen LogP contribution in [0.3, 0.4) is 0 Å². The Balaban J connectivity index is 1.32. The van der Waals surface area contributed by atoms with E-state index in [9.17, 15) is 0 Å². The first-order valence-corrected chi connectivity index (χ1v) is 27.1. The van der Waals surface area contributed by atoms with Gasteiger partial charge in [-0.25, -0.2) is 4.98 Å². The van der Waals surface area contributed by atoms with Crippen LogP contribution in [-0.4, -0.2) is 14.1 Å². The van der Waals surface area contributed by atoms with Gasteiger partial charge in [-0.15, -0.1) is 0 Å². The number of hydrogen-bond acceptors (Lipinski definition) is 2. The number of rotatable bonds is 9. The largest absolute Gasteiger partial charge is 0.458 e. The maximum Gasteiger partial charge on any atom is 0.269 e. The molecular formula is C70H82N4O. The maximum atomic E-state index is 7.42. The molecule has 6 aromatic carbocycles. The highest BCUT2D eigenvalue weighted by molar-refractivity contribution is 6.11. The highest BCUT2D eigenvalue weighted by Crippen LogP contribution is 2.45. The van der Waals surface area contributed by atoms with Crippen LogP contribution in [0.1, 0.15) is 182 Å². The lowest BCUT2D eigenvalue weighted by atomic mass is 9.75. The Labute approximate surface area is 449 Å². The van der Waals surface area contributed by atoms with E-state index in [0.717, 1.165) is 45.3 Å². The standard InChI is InChI=1S/C70H82N4O/c1-64(2,3)48-34-35-71-60(41-48)74-58-33-27-26-32-56(58)61-57(66(7,8)9)43-55(44-59(61)74)75-54-40-51(70(18,19)47-30-24-21-25-31-47)39-53(42-54)73-45-72(62(67(10,11)12)63(73)68(13,14)15)52-37-49(65(4,5)6)36-50(38-52)69(16,17)46-28-22-20-23-29-46/h20-44H,1-19H3. The van der Waals surface area contributed by atoms with Crippen LogP contribution in [0.25, 0.3) is 39.0 Å². The van der Waals surface area contributed by atoms with Crippen LogP contribution in [-0.2, 0) is 37.9 Å². The average molecular weight is 995 g/mol. The van der Waals surface area contributed by atoms with Gasteiger partial charge in [0, 0.05) is 33.9 Å². The molecule has 0 unspecified atom stereocenters. The zero-order chi connectivity index (χ0) is 54.4. The van der Waals surface area contributed by atoms with Gasteiger partial charge in [0.25, 0.3) is 6.33 Å². The van der Waals surface area contributed by atoms with Crippen molar-refractivity contribution in [3.05, 3.63) is 208 Å². The number of benzene rings is 6. The second kappa shape index (κ2) is 18.5. The van der Waals surface area contributed by atoms with Gasteiger partial charge in [-0.05, 0) is 121 Å². The Morgan fingerprint density at radius 2 is 0.987 bits per heavy atom. The van der Waals surface area contributed by atoms with E-state index < -0.39 is 0 Å². The third-order valence-electron chi connectivity index (χ3n) is 15.5. The quantitative estimate of drug-likeness (QED) is 0.107. The van der Waals surface area contributed by atoms with Crippen molar-refractivity contribution in [2.75, 3.05) is 0 Å². The smallest absolute Gasteiger partial charge is 0.269 e. The Morgan fingerprint density at radius 1 is 0.440 bits per heavy atom. The number of hydrogen-bond donors (Lipinski definition) is 0. The van der Waals surface area contributed by atoms with Gasteiger partial charge in [0.1, 0.15) is 17.3 Å². The van der Waals surface area contributed by atoms with Crippen molar-refractivity contribution in [2.24, 2.45) is 0 Å². The zero-order valence-electron chi connectivity index (χ0n) is 48.6. The summed E-state index contributed by atoms with van der Waals surface area (Å²) in [6.45, 7) is 44.0. The summed E-state index contributed by atoms with van der Waals surface area (Å²) >= 11 is 0. The van der Waals surface area contributed by atoms with Crippen LogP contribution < -0.4 is 9.30 Å². The number of nitrogens with zero attached hydrogens (tertiary/aromatic N) is 4. The summed E-state index contributed by atoms with van der Waals surface area (Å²) in [4.78, 5) is 5.05. The van der Waals surface area contributed by atoms with E-state index in [1.54, 1.807) is 0 Å². The maximum absolute atomic E-state index is 7.42. The van der Waals surface area contributed by atoms with E-state index in [0.29, 0.717) is 0 Å². The summed E-state index contributed by atoms with van der Waals surface area (Å²) in [5, 5.41) is 2.42. The van der Waals surface area contributed by atoms with Crippen LogP contribution in [0.5, 0.6) is 11.5 Å². The van der Waals surface area contributed by atoms with Crippen LogP contribution in [0.4, 0.5) is 0 Å². The monoisotopic (exact) mass is 995 g/mol. The highest BCUT2D eigenvalue weighted by atomic mass is 16.5. The molecule has 0 saturated heterocycles. The molecule has 5 heteroatoms. The molecule has 0 fully saturated rings. The lowest BCUT2D eigenvalue weighted by Crippen LogP contribution is -2.41. The Hall–Kier alpha value is -6.72. The normalized spacial score (nSPS) is 13.3. The lowest BCUT2D eigenvalue weighted by Gasteiger charge is -2.32. The molecular weight excluding hydrogens is 913 g/mol. The second-order valence-corrected chi connectivity index (χ2v) is 27.4. The van der Waals surface area contributed by atoms with Crippen molar-refractivity contribution < 1.29 is 9.30 Å². The van der Waals surface area contributed by atoms with Crippen molar-refractivity contribution in [3.8, 4) is 28.7 Å². The van der Waals surface area contributed by atoms with E-state index in [2.05, 4.69) is 297 Å². The summed E-state index contributed by atoms with van der Waals surface area (Å²) in [7, 11) is 0. The summed E-state index contributed by atoms with van der Waals surface area (Å²) in [5.41, 5.74) is 13.8. The first kappa shape index (κ1) is 53.1. The Morgan fingerprint density at radius 3 is 1.55 bits per heavy atom. The van der Waals surface area contributed by atoms with E-state index in [-0.39, 0.29) is 37.9 Å². The third-order valence-corrected chi connectivity index (χ3v) is 15.5. The molecule has 3 aromatic heterocycles. The fraction of sp³-hybridized carbons (Fsp3) is 0.371. The zero-order valence-corrected chi connectivity index (χ0v) is 48.6. The minimum atomic E-state index is -0.386. The molecule has 0 spiro atoms. The number of imidazole rings is 1. The van der Waals surface area contributed by atoms with Gasteiger partial charge < -0.3 is 4.74 Å². The molecule has 0 aliphatic rings. The van der Waals surface area contributed by atoms with Gasteiger partial charge in [-0.2, -0.15) is 0 Å². The summed E-state index contributed by atoms with van der Waals surface area (Å²) < 4.78 is 14.5. The molecule has 9 aromatic rings. The number of aromatic nitrogens is 4. The van der Waals surface area contributed by atoms with Gasteiger partial charge in [-0.1, -0.05) is 216 Å². The van der Waals surface area contributed by atoms with Crippen LogP contribution in [0.2, 0.25) is 0 Å². The van der Waals surface area contributed by atoms with Gasteiger partial charge in [0.05, 0.1) is 33.8 Å². The molecule has 75 heavy (non-hydrogen) atoms. The molecule has 388 valence electrons. The molecule has 0 bridgehead atoms. The Kier molecular flexibility index (Phi) is 13.1. The first-order chi connectivity index (χ1) is 34.8. The van der Waals surface area contributed by atoms with Crippen molar-refractivity contribution in [3.63, 3.8) is 0 Å². The topological polar surface area (TPSA) is 35.9 Å². The van der Waals surface area contributed by atoms with Crippen molar-refractivity contribution in [2.45, 2.75) is 169 Å². The number of fused-ring (bicyclic) bond motifs is 3. The average Bonchev–Trinajstić information content (AvgIpc) is 3.93. The van der Waals surface area contributed by atoms with E-state index in [4.69, 9.17) is 9.72 Å². The molecule has 0 amide bonds. The van der Waals surface area contributed by atoms with Gasteiger partial charge in [0.15, 0.2) is 0 Å². The van der Waals surface area contributed by atoms with E-state index >= 15 is 0 Å². The third kappa shape index (κ3) is 10.1. The SMILES string of the molecule is CC(C)(C)c1cc(-[n+]2[c-]n(-c3cc(Oc4cc(C(C)(C)C)c5c6ccccc6n(-c6cc(C(C)(C)C)ccn6)c5c4)cc(C(C)(C)c4ccccc4)c3)c(C(C)(C)C)c2C(C)(C)C)cc(C(C)(C)c2ccccc2)c1. The molecule has 0 saturated carbocycles. The molecule has 3 heterocycles. The van der Waals surface area contributed by atoms with Crippen LogP contribution in [0, 0.1) is 6.33 Å². The van der Waals surface area contributed by atoms with Crippen molar-refractivity contribution in [1.82, 2.24) is 14.1 Å². The fourth-order valence-corrected chi connectivity index (χ4v) is 11.0. The van der Waals surface area contributed by atoms with E-state index in [1.807, 2.05) is 6.20 Å². The fourth-order valence-electron chi connectivity index (χ4n) is 11.0. The molecule has 0 radical (unpaired) electrons. The number of pyridine rings is 1. The molecule has 0 N–H and O–H groups in total. The predicted octanol–water partition coefficient (Wildman–Crippen LogP) is 18.0. The first-order valence-electron chi connectivity index (χ1n) is 27.1. The Bertz CT molecular complexity index is 3570. The number of para-hydroxylation sites is 1. The molecule has 0 aliphatic heterocycles. The van der Waals surface area contributed by atoms with Crippen LogP contribution >= 0.6 is 0 Å². The van der Waals surface area contributed by atoms with Gasteiger partial charge in [0.2, 0.25) is 0 Å². The van der Waals surface area contributed by atoms with Gasteiger partial charge >= 0.3 is 0 Å². The van der Waals surface area contributed by atoms with E-state index in [1.165, 1.54) is 55.5 Å². The van der Waals surface area contributed by atoms with Crippen LogP contribution in [0.15, 0.2) is 152 Å². The highest BCUT2D eigenvalue weighted by Gasteiger charge is 2.36. The minimum absolute atomic E-state index is 0.0485. The van der Waals surface area contributed by atoms with Crippen molar-refractivity contribution >= 4 is 21.8 Å². The molecule has 9 rings (SSSR count). The van der Waals surface area contributed by atoms with Crippen molar-refractivity contribution in [1.29, 1.82) is 0 Å². The molecule has 0 aliphatic carbocycles. The minimum Gasteiger partial charge on any atom is -0.458 e. The summed E-state index contributed by atoms with van der Waals surface area (Å²) in [6, 6.07) is 53.5. The summed E-state index contributed by atoms with van der Waals surface area (Å²) in [6.07, 6.45) is 6.03. The molecule has 0 atom stereocenters. The van der Waals surface area contributed by atoms with Gasteiger partial charge in [-0.3, -0.25) is 13.7 Å². The molecule has 5 nitrogen and oxygen atoms in total. The lowest BCUT2D eigenvalue weighted by molar-refractivity contribution is -0.611.